The number of nitrogens with zero attached hydrogens (tertiary/aromatic N) is 6. The van der Waals surface area contributed by atoms with Crippen molar-refractivity contribution in [3.63, 3.8) is 0 Å². The molecule has 0 aliphatic carbocycles. The van der Waals surface area contributed by atoms with Gasteiger partial charge in [-0.2, -0.15) is 5.10 Å². The van der Waals surface area contributed by atoms with Crippen LogP contribution in [0.3, 0.4) is 0 Å². The Bertz CT molecular complexity index is 1500. The van der Waals surface area contributed by atoms with Crippen molar-refractivity contribution >= 4 is 34.5 Å². The van der Waals surface area contributed by atoms with Gasteiger partial charge in [-0.15, -0.1) is 11.3 Å². The molecule has 0 radical (unpaired) electrons. The SMILES string of the molecule is CC[C@@H](CCC(=O)c1cc(-c2cnn3ccc(-c4cccs4)nc23)nc(N2CC[C@H]2C(=O)NC)c1)N(CC)CCO. The first-order valence-electron chi connectivity index (χ1n) is 14.2. The van der Waals surface area contributed by atoms with Crippen LogP contribution in [-0.4, -0.2) is 86.7 Å². The second kappa shape index (κ2) is 12.9. The third-order valence-electron chi connectivity index (χ3n) is 7.90. The molecule has 0 unspecified atom stereocenters. The summed E-state index contributed by atoms with van der Waals surface area (Å²) in [7, 11) is 1.63. The number of amides is 1. The molecule has 1 amide bonds. The number of Topliss-reactive ketones (excluding diaryl/α,β-unsaturated/α-hetero) is 1. The minimum atomic E-state index is -0.320. The first-order chi connectivity index (χ1) is 20.0. The number of aliphatic hydroxyl groups is 1. The van der Waals surface area contributed by atoms with Crippen LogP contribution in [0.15, 0.2) is 48.1 Å². The number of likely N-dealkylation sites (N-methyl/N-ethyl adjacent to an activating group) is 2. The highest BCUT2D eigenvalue weighted by atomic mass is 32.1. The molecule has 2 atom stereocenters. The predicted octanol–water partition coefficient (Wildman–Crippen LogP) is 3.90. The fourth-order valence-corrected chi connectivity index (χ4v) is 6.18. The van der Waals surface area contributed by atoms with Crippen LogP contribution in [0.25, 0.3) is 27.5 Å². The fourth-order valence-electron chi connectivity index (χ4n) is 5.49. The van der Waals surface area contributed by atoms with Crippen molar-refractivity contribution < 1.29 is 14.7 Å². The lowest BCUT2D eigenvalue weighted by Crippen LogP contribution is -2.56. The molecule has 216 valence electrons. The van der Waals surface area contributed by atoms with Gasteiger partial charge in [0.2, 0.25) is 5.91 Å². The molecule has 4 aromatic rings. The van der Waals surface area contributed by atoms with Gasteiger partial charge >= 0.3 is 0 Å². The number of anilines is 1. The van der Waals surface area contributed by atoms with E-state index in [-0.39, 0.29) is 30.4 Å². The molecule has 2 N–H and O–H groups in total. The maximum atomic E-state index is 13.7. The van der Waals surface area contributed by atoms with Crippen molar-refractivity contribution in [2.75, 3.05) is 38.2 Å². The van der Waals surface area contributed by atoms with E-state index >= 15 is 0 Å². The van der Waals surface area contributed by atoms with Crippen molar-refractivity contribution in [2.45, 2.75) is 51.6 Å². The number of hydrogen-bond donors (Lipinski definition) is 2. The summed E-state index contributed by atoms with van der Waals surface area (Å²) in [6.45, 7) is 6.39. The lowest BCUT2D eigenvalue weighted by Gasteiger charge is -2.40. The maximum absolute atomic E-state index is 13.7. The number of rotatable bonds is 13. The van der Waals surface area contributed by atoms with Gasteiger partial charge in [-0.3, -0.25) is 14.5 Å². The zero-order valence-electron chi connectivity index (χ0n) is 23.8. The van der Waals surface area contributed by atoms with E-state index in [0.717, 1.165) is 35.5 Å². The molecule has 11 heteroatoms. The summed E-state index contributed by atoms with van der Waals surface area (Å²) in [5, 5.41) is 18.7. The van der Waals surface area contributed by atoms with E-state index in [4.69, 9.17) is 9.97 Å². The molecule has 10 nitrogen and oxygen atoms in total. The molecule has 1 fully saturated rings. The third kappa shape index (κ3) is 6.02. The summed E-state index contributed by atoms with van der Waals surface area (Å²) in [6, 6.07) is 9.48. The van der Waals surface area contributed by atoms with E-state index in [9.17, 15) is 14.7 Å². The van der Waals surface area contributed by atoms with Crippen molar-refractivity contribution in [2.24, 2.45) is 0 Å². The van der Waals surface area contributed by atoms with Crippen molar-refractivity contribution in [3.8, 4) is 21.8 Å². The maximum Gasteiger partial charge on any atom is 0.242 e. The van der Waals surface area contributed by atoms with E-state index in [2.05, 4.69) is 29.2 Å². The molecule has 1 aliphatic rings. The summed E-state index contributed by atoms with van der Waals surface area (Å²) < 4.78 is 1.71. The summed E-state index contributed by atoms with van der Waals surface area (Å²) >= 11 is 1.62. The number of nitrogens with one attached hydrogen (secondary N) is 1. The Morgan fingerprint density at radius 2 is 2.07 bits per heavy atom. The quantitative estimate of drug-likeness (QED) is 0.231. The predicted molar refractivity (Wildman–Crippen MR) is 161 cm³/mol. The van der Waals surface area contributed by atoms with Crippen LogP contribution >= 0.6 is 11.3 Å². The molecule has 4 aromatic heterocycles. The van der Waals surface area contributed by atoms with E-state index in [1.165, 1.54) is 0 Å². The van der Waals surface area contributed by atoms with Gasteiger partial charge in [0.1, 0.15) is 11.9 Å². The number of thiophene rings is 1. The largest absolute Gasteiger partial charge is 0.395 e. The number of hydrogen-bond acceptors (Lipinski definition) is 9. The average Bonchev–Trinajstić information content (AvgIpc) is 3.66. The van der Waals surface area contributed by atoms with Crippen LogP contribution in [0, 0.1) is 0 Å². The smallest absolute Gasteiger partial charge is 0.242 e. The van der Waals surface area contributed by atoms with E-state index < -0.39 is 0 Å². The van der Waals surface area contributed by atoms with Crippen LogP contribution in [0.1, 0.15) is 49.9 Å². The Hall–Kier alpha value is -3.67. The Kier molecular flexibility index (Phi) is 9.06. The Balaban J connectivity index is 1.51. The second-order valence-corrected chi connectivity index (χ2v) is 11.2. The van der Waals surface area contributed by atoms with Crippen LogP contribution in [0.2, 0.25) is 0 Å². The van der Waals surface area contributed by atoms with Crippen LogP contribution in [0.5, 0.6) is 0 Å². The highest BCUT2D eigenvalue weighted by Crippen LogP contribution is 2.32. The van der Waals surface area contributed by atoms with Gasteiger partial charge in [-0.25, -0.2) is 14.5 Å². The van der Waals surface area contributed by atoms with Gasteiger partial charge in [0, 0.05) is 44.4 Å². The van der Waals surface area contributed by atoms with E-state index in [1.54, 1.807) is 29.1 Å². The summed E-state index contributed by atoms with van der Waals surface area (Å²) in [5.74, 6) is 0.556. The first kappa shape index (κ1) is 28.8. The molecule has 0 bridgehead atoms. The number of ketones is 1. The molecule has 5 rings (SSSR count). The highest BCUT2D eigenvalue weighted by Gasteiger charge is 2.35. The van der Waals surface area contributed by atoms with E-state index in [1.807, 2.05) is 46.8 Å². The van der Waals surface area contributed by atoms with Gasteiger partial charge < -0.3 is 15.3 Å². The monoisotopic (exact) mass is 575 g/mol. The molecule has 1 aliphatic heterocycles. The van der Waals surface area contributed by atoms with Gasteiger partial charge in [0.15, 0.2) is 11.4 Å². The van der Waals surface area contributed by atoms with Gasteiger partial charge in [-0.05, 0) is 55.5 Å². The number of pyridine rings is 1. The van der Waals surface area contributed by atoms with Gasteiger partial charge in [0.25, 0.3) is 0 Å². The normalized spacial score (nSPS) is 15.7. The van der Waals surface area contributed by atoms with Gasteiger partial charge in [-0.1, -0.05) is 19.9 Å². The zero-order valence-corrected chi connectivity index (χ0v) is 24.6. The molecule has 0 spiro atoms. The summed E-state index contributed by atoms with van der Waals surface area (Å²) in [6.07, 6.45) is 6.31. The number of aromatic nitrogens is 4. The lowest BCUT2D eigenvalue weighted by atomic mass is 9.98. The number of aliphatic hydroxyl groups excluding tert-OH is 1. The molecule has 41 heavy (non-hydrogen) atoms. The van der Waals surface area contributed by atoms with Crippen molar-refractivity contribution in [1.29, 1.82) is 0 Å². The molecular weight excluding hydrogens is 538 g/mol. The molecular formula is C30H37N7O3S. The molecule has 1 saturated heterocycles. The average molecular weight is 576 g/mol. The van der Waals surface area contributed by atoms with Crippen LogP contribution in [0.4, 0.5) is 5.82 Å². The van der Waals surface area contributed by atoms with Crippen LogP contribution in [-0.2, 0) is 4.79 Å². The topological polar surface area (TPSA) is 116 Å². The number of carbonyl (C=O) groups is 2. The Morgan fingerprint density at radius 3 is 2.73 bits per heavy atom. The number of carbonyl (C=O) groups excluding carboxylic acids is 2. The number of fused-ring (bicyclic) bond motifs is 1. The summed E-state index contributed by atoms with van der Waals surface area (Å²) in [4.78, 5) is 41.2. The minimum absolute atomic E-state index is 0.0223. The van der Waals surface area contributed by atoms with Gasteiger partial charge in [0.05, 0.1) is 34.6 Å². The molecule has 0 saturated carbocycles. The zero-order chi connectivity index (χ0) is 28.9. The minimum Gasteiger partial charge on any atom is -0.395 e. The molecule has 0 aromatic carbocycles. The van der Waals surface area contributed by atoms with Crippen molar-refractivity contribution in [3.05, 3.63) is 53.7 Å². The highest BCUT2D eigenvalue weighted by molar-refractivity contribution is 7.13. The molecule has 5 heterocycles. The first-order valence-corrected chi connectivity index (χ1v) is 15.1. The van der Waals surface area contributed by atoms with E-state index in [0.29, 0.717) is 48.7 Å². The summed E-state index contributed by atoms with van der Waals surface area (Å²) in [5.41, 5.74) is 3.38. The lowest BCUT2D eigenvalue weighted by molar-refractivity contribution is -0.123. The standard InChI is InChI=1S/C30H37N7O3S/c1-4-21(35(5-2)14-15-38)8-9-26(39)20-17-24(33-28(18-20)36-12-11-25(36)30(40)31-3)22-19-32-37-13-10-23(34-29(22)37)27-7-6-16-41-27/h6-7,10,13,16-19,21,25,38H,4-5,8-9,11-12,14-15H2,1-3H3,(H,31,40)/t21-,25-/m0/s1. The fraction of sp³-hybridized carbons (Fsp3) is 0.433. The Morgan fingerprint density at radius 1 is 1.22 bits per heavy atom. The second-order valence-electron chi connectivity index (χ2n) is 10.2. The van der Waals surface area contributed by atoms with Crippen molar-refractivity contribution in [1.82, 2.24) is 29.8 Å². The van der Waals surface area contributed by atoms with Crippen LogP contribution < -0.4 is 10.2 Å². The third-order valence-corrected chi connectivity index (χ3v) is 8.79. The Labute approximate surface area is 244 Å².